The molecule has 0 aliphatic rings. The van der Waals surface area contributed by atoms with Crippen LogP contribution in [0, 0.1) is 6.92 Å². The molecule has 0 saturated heterocycles. The number of rotatable bonds is 3. The zero-order valence-corrected chi connectivity index (χ0v) is 9.97. The highest BCUT2D eigenvalue weighted by molar-refractivity contribution is 5.87. The lowest BCUT2D eigenvalue weighted by molar-refractivity contribution is 0.0685. The van der Waals surface area contributed by atoms with Crippen LogP contribution in [0.1, 0.15) is 23.0 Å². The zero-order chi connectivity index (χ0) is 12.4. The van der Waals surface area contributed by atoms with E-state index in [-0.39, 0.29) is 0 Å². The van der Waals surface area contributed by atoms with Gasteiger partial charge in [-0.25, -0.2) is 4.79 Å². The highest BCUT2D eigenvalue weighted by Crippen LogP contribution is 2.23. The quantitative estimate of drug-likeness (QED) is 0.878. The molecule has 17 heavy (non-hydrogen) atoms. The number of benzene rings is 1. The van der Waals surface area contributed by atoms with E-state index in [1.54, 1.807) is 6.07 Å². The van der Waals surface area contributed by atoms with E-state index >= 15 is 0 Å². The van der Waals surface area contributed by atoms with E-state index in [9.17, 15) is 4.79 Å². The molecule has 2 aromatic rings. The van der Waals surface area contributed by atoms with Crippen LogP contribution < -0.4 is 0 Å². The molecule has 1 aromatic carbocycles. The van der Waals surface area contributed by atoms with Gasteiger partial charge >= 0.3 is 5.97 Å². The van der Waals surface area contributed by atoms with Crippen LogP contribution in [0.3, 0.4) is 0 Å². The standard InChI is InChI=1S/C14H15NO2/c1-3-15-12(8-9-13(15)14(16)17)11-6-4-10(2)5-7-11/h4-9H,3H2,1-2H3,(H,16,17). The van der Waals surface area contributed by atoms with E-state index in [4.69, 9.17) is 5.11 Å². The minimum atomic E-state index is -0.884. The topological polar surface area (TPSA) is 42.2 Å². The summed E-state index contributed by atoms with van der Waals surface area (Å²) >= 11 is 0. The third kappa shape index (κ3) is 2.09. The second-order valence-corrected chi connectivity index (χ2v) is 4.02. The van der Waals surface area contributed by atoms with Crippen LogP contribution in [0.4, 0.5) is 0 Å². The van der Waals surface area contributed by atoms with Gasteiger partial charge in [0.15, 0.2) is 0 Å². The third-order valence-corrected chi connectivity index (χ3v) is 2.86. The van der Waals surface area contributed by atoms with Gasteiger partial charge in [0.05, 0.1) is 0 Å². The summed E-state index contributed by atoms with van der Waals surface area (Å²) in [6.07, 6.45) is 0. The van der Waals surface area contributed by atoms with Gasteiger partial charge in [0.2, 0.25) is 0 Å². The maximum absolute atomic E-state index is 11.1. The van der Waals surface area contributed by atoms with Gasteiger partial charge in [0.1, 0.15) is 5.69 Å². The third-order valence-electron chi connectivity index (χ3n) is 2.86. The Morgan fingerprint density at radius 1 is 1.18 bits per heavy atom. The molecule has 0 amide bonds. The fourth-order valence-corrected chi connectivity index (χ4v) is 1.97. The van der Waals surface area contributed by atoms with Crippen LogP contribution in [0.15, 0.2) is 36.4 Å². The first kappa shape index (κ1) is 11.5. The van der Waals surface area contributed by atoms with Gasteiger partial charge in [-0.1, -0.05) is 29.8 Å². The molecule has 88 valence electrons. The van der Waals surface area contributed by atoms with Crippen molar-refractivity contribution in [1.29, 1.82) is 0 Å². The molecule has 0 bridgehead atoms. The Hall–Kier alpha value is -2.03. The molecule has 0 aliphatic heterocycles. The zero-order valence-electron chi connectivity index (χ0n) is 9.97. The van der Waals surface area contributed by atoms with Crippen molar-refractivity contribution < 1.29 is 9.90 Å². The smallest absolute Gasteiger partial charge is 0.352 e. The number of hydrogen-bond donors (Lipinski definition) is 1. The molecule has 0 radical (unpaired) electrons. The summed E-state index contributed by atoms with van der Waals surface area (Å²) < 4.78 is 1.81. The second-order valence-electron chi connectivity index (χ2n) is 4.02. The molecule has 0 unspecified atom stereocenters. The summed E-state index contributed by atoms with van der Waals surface area (Å²) in [6.45, 7) is 4.63. The van der Waals surface area contributed by atoms with Gasteiger partial charge in [-0.05, 0) is 31.5 Å². The lowest BCUT2D eigenvalue weighted by Gasteiger charge is -2.09. The van der Waals surface area contributed by atoms with Crippen LogP contribution in [0.25, 0.3) is 11.3 Å². The number of hydrogen-bond acceptors (Lipinski definition) is 1. The van der Waals surface area contributed by atoms with E-state index < -0.39 is 5.97 Å². The summed E-state index contributed by atoms with van der Waals surface area (Å²) in [5, 5.41) is 9.08. The summed E-state index contributed by atoms with van der Waals surface area (Å²) in [4.78, 5) is 11.1. The summed E-state index contributed by atoms with van der Waals surface area (Å²) in [6, 6.07) is 11.6. The molecule has 3 nitrogen and oxygen atoms in total. The molecule has 0 aliphatic carbocycles. The largest absolute Gasteiger partial charge is 0.477 e. The van der Waals surface area contributed by atoms with Crippen LogP contribution in [0.5, 0.6) is 0 Å². The molecule has 2 rings (SSSR count). The summed E-state index contributed by atoms with van der Waals surface area (Å²) in [5.41, 5.74) is 3.53. The van der Waals surface area contributed by atoms with Crippen LogP contribution >= 0.6 is 0 Å². The number of aryl methyl sites for hydroxylation is 1. The van der Waals surface area contributed by atoms with Crippen LogP contribution in [-0.4, -0.2) is 15.6 Å². The fraction of sp³-hybridized carbons (Fsp3) is 0.214. The Morgan fingerprint density at radius 3 is 2.35 bits per heavy atom. The van der Waals surface area contributed by atoms with Crippen molar-refractivity contribution in [3.63, 3.8) is 0 Å². The van der Waals surface area contributed by atoms with E-state index in [2.05, 4.69) is 0 Å². The molecular weight excluding hydrogens is 214 g/mol. The van der Waals surface area contributed by atoms with Gasteiger partial charge < -0.3 is 9.67 Å². The van der Waals surface area contributed by atoms with Crippen molar-refractivity contribution in [2.75, 3.05) is 0 Å². The second kappa shape index (κ2) is 4.45. The highest BCUT2D eigenvalue weighted by atomic mass is 16.4. The SMILES string of the molecule is CCn1c(C(=O)O)ccc1-c1ccc(C)cc1. The summed E-state index contributed by atoms with van der Waals surface area (Å²) in [7, 11) is 0. The molecule has 0 saturated carbocycles. The number of carboxylic acid groups (broad SMARTS) is 1. The van der Waals surface area contributed by atoms with Gasteiger partial charge in [0.25, 0.3) is 0 Å². The molecule has 1 N–H and O–H groups in total. The normalized spacial score (nSPS) is 10.5. The monoisotopic (exact) mass is 229 g/mol. The Balaban J connectivity index is 2.52. The van der Waals surface area contributed by atoms with Crippen molar-refractivity contribution in [3.8, 4) is 11.3 Å². The molecule has 3 heteroatoms. The van der Waals surface area contributed by atoms with E-state index in [0.717, 1.165) is 11.3 Å². The van der Waals surface area contributed by atoms with E-state index in [1.165, 1.54) is 5.56 Å². The molecule has 1 aromatic heterocycles. The van der Waals surface area contributed by atoms with Gasteiger partial charge in [-0.15, -0.1) is 0 Å². The lowest BCUT2D eigenvalue weighted by Crippen LogP contribution is -2.08. The Kier molecular flexibility index (Phi) is 3.00. The number of carbonyl (C=O) groups is 1. The first-order valence-electron chi connectivity index (χ1n) is 5.63. The molecule has 0 spiro atoms. The maximum atomic E-state index is 11.1. The maximum Gasteiger partial charge on any atom is 0.352 e. The first-order valence-corrected chi connectivity index (χ1v) is 5.63. The highest BCUT2D eigenvalue weighted by Gasteiger charge is 2.13. The predicted octanol–water partition coefficient (Wildman–Crippen LogP) is 3.18. The minimum absolute atomic E-state index is 0.336. The van der Waals surface area contributed by atoms with Crippen LogP contribution in [0.2, 0.25) is 0 Å². The van der Waals surface area contributed by atoms with Crippen molar-refractivity contribution in [2.45, 2.75) is 20.4 Å². The van der Waals surface area contributed by atoms with Gasteiger partial charge in [-0.2, -0.15) is 0 Å². The number of aromatic carboxylic acids is 1. The minimum Gasteiger partial charge on any atom is -0.477 e. The molecule has 0 fully saturated rings. The van der Waals surface area contributed by atoms with Gasteiger partial charge in [-0.3, -0.25) is 0 Å². The van der Waals surface area contributed by atoms with Gasteiger partial charge in [0, 0.05) is 12.2 Å². The lowest BCUT2D eigenvalue weighted by atomic mass is 10.1. The Morgan fingerprint density at radius 2 is 1.82 bits per heavy atom. The summed E-state index contributed by atoms with van der Waals surface area (Å²) in [5.74, 6) is -0.884. The number of aromatic nitrogens is 1. The molecule has 1 heterocycles. The molecular formula is C14H15NO2. The first-order chi connectivity index (χ1) is 8.13. The van der Waals surface area contributed by atoms with Crippen molar-refractivity contribution in [2.24, 2.45) is 0 Å². The molecule has 0 atom stereocenters. The van der Waals surface area contributed by atoms with Crippen LogP contribution in [-0.2, 0) is 6.54 Å². The van der Waals surface area contributed by atoms with Crippen molar-refractivity contribution in [3.05, 3.63) is 47.7 Å². The number of nitrogens with zero attached hydrogens (tertiary/aromatic N) is 1. The average Bonchev–Trinajstić information content (AvgIpc) is 2.73. The Bertz CT molecular complexity index is 538. The Labute approximate surface area is 100 Å². The van der Waals surface area contributed by atoms with E-state index in [1.807, 2.05) is 48.7 Å². The number of carboxylic acids is 1. The fourth-order valence-electron chi connectivity index (χ4n) is 1.97. The predicted molar refractivity (Wildman–Crippen MR) is 67.2 cm³/mol. The van der Waals surface area contributed by atoms with E-state index in [0.29, 0.717) is 12.2 Å². The van der Waals surface area contributed by atoms with Crippen molar-refractivity contribution >= 4 is 5.97 Å². The van der Waals surface area contributed by atoms with Crippen molar-refractivity contribution in [1.82, 2.24) is 4.57 Å². The average molecular weight is 229 g/mol.